The fraction of sp³-hybridized carbons (Fsp3) is 0.467. The minimum atomic E-state index is 0.687. The highest BCUT2D eigenvalue weighted by molar-refractivity contribution is 7.10. The molecule has 1 aliphatic rings. The number of rotatable bonds is 5. The molecule has 0 bridgehead atoms. The third-order valence-corrected chi connectivity index (χ3v) is 4.75. The Morgan fingerprint density at radius 2 is 2.00 bits per heavy atom. The number of piperazine rings is 1. The molecule has 118 valence electrons. The van der Waals surface area contributed by atoms with Crippen molar-refractivity contribution in [2.45, 2.75) is 13.5 Å². The molecule has 1 aromatic carbocycles. The molecule has 0 atom stereocenters. The van der Waals surface area contributed by atoms with E-state index in [0.29, 0.717) is 10.9 Å². The zero-order valence-corrected chi connectivity index (χ0v) is 14.1. The molecular weight excluding hydrogens is 320 g/mol. The standard InChI is InChI=1S/C15H19ClN4OS/c1-2-21-14-6-4-3-5-13(14)20-9-7-19(8-10-20)11-12-15(16)22-18-17-12/h3-6H,2,7-11H2,1H3. The fourth-order valence-corrected chi connectivity index (χ4v) is 3.26. The van der Waals surface area contributed by atoms with Crippen molar-refractivity contribution in [1.29, 1.82) is 0 Å². The topological polar surface area (TPSA) is 41.5 Å². The molecule has 1 fully saturated rings. The Balaban J connectivity index is 1.61. The van der Waals surface area contributed by atoms with Crippen LogP contribution in [-0.4, -0.2) is 47.3 Å². The van der Waals surface area contributed by atoms with Crippen LogP contribution < -0.4 is 9.64 Å². The molecule has 1 aliphatic heterocycles. The van der Waals surface area contributed by atoms with Crippen LogP contribution in [0.15, 0.2) is 24.3 Å². The molecule has 1 saturated heterocycles. The second-order valence-corrected chi connectivity index (χ2v) is 6.51. The van der Waals surface area contributed by atoms with Crippen LogP contribution in [0.3, 0.4) is 0 Å². The average molecular weight is 339 g/mol. The van der Waals surface area contributed by atoms with Crippen LogP contribution in [0, 0.1) is 0 Å². The smallest absolute Gasteiger partial charge is 0.142 e. The number of para-hydroxylation sites is 2. The van der Waals surface area contributed by atoms with Crippen molar-refractivity contribution >= 4 is 28.8 Å². The largest absolute Gasteiger partial charge is 0.492 e. The van der Waals surface area contributed by atoms with Gasteiger partial charge in [0.15, 0.2) is 0 Å². The zero-order valence-electron chi connectivity index (χ0n) is 12.5. The van der Waals surface area contributed by atoms with E-state index >= 15 is 0 Å². The summed E-state index contributed by atoms with van der Waals surface area (Å²) in [6, 6.07) is 8.24. The summed E-state index contributed by atoms with van der Waals surface area (Å²) in [6.07, 6.45) is 0. The van der Waals surface area contributed by atoms with E-state index < -0.39 is 0 Å². The monoisotopic (exact) mass is 338 g/mol. The number of halogens is 1. The number of ether oxygens (including phenoxy) is 1. The Bertz CT molecular complexity index is 613. The predicted molar refractivity (Wildman–Crippen MR) is 90.0 cm³/mol. The molecule has 7 heteroatoms. The first kappa shape index (κ1) is 15.5. The summed E-state index contributed by atoms with van der Waals surface area (Å²) in [5.41, 5.74) is 2.06. The van der Waals surface area contributed by atoms with E-state index in [4.69, 9.17) is 16.3 Å². The van der Waals surface area contributed by atoms with Gasteiger partial charge in [-0.25, -0.2) is 0 Å². The molecule has 22 heavy (non-hydrogen) atoms. The van der Waals surface area contributed by atoms with Crippen LogP contribution >= 0.6 is 23.1 Å². The van der Waals surface area contributed by atoms with Gasteiger partial charge in [0, 0.05) is 44.3 Å². The number of hydrogen-bond acceptors (Lipinski definition) is 6. The van der Waals surface area contributed by atoms with Crippen LogP contribution in [0.5, 0.6) is 5.75 Å². The average Bonchev–Trinajstić information content (AvgIpc) is 2.94. The Kier molecular flexibility index (Phi) is 5.12. The van der Waals surface area contributed by atoms with Gasteiger partial charge in [0.2, 0.25) is 0 Å². The van der Waals surface area contributed by atoms with Gasteiger partial charge in [-0.1, -0.05) is 28.2 Å². The summed E-state index contributed by atoms with van der Waals surface area (Å²) in [4.78, 5) is 4.74. The van der Waals surface area contributed by atoms with Crippen molar-refractivity contribution in [2.24, 2.45) is 0 Å². The highest BCUT2D eigenvalue weighted by Crippen LogP contribution is 2.29. The van der Waals surface area contributed by atoms with Crippen molar-refractivity contribution < 1.29 is 4.74 Å². The van der Waals surface area contributed by atoms with Gasteiger partial charge >= 0.3 is 0 Å². The fourth-order valence-electron chi connectivity index (χ4n) is 2.65. The van der Waals surface area contributed by atoms with Gasteiger partial charge in [0.05, 0.1) is 12.3 Å². The quantitative estimate of drug-likeness (QED) is 0.838. The zero-order chi connectivity index (χ0) is 15.4. The SMILES string of the molecule is CCOc1ccccc1N1CCN(Cc2nnsc2Cl)CC1. The van der Waals surface area contributed by atoms with Gasteiger partial charge in [-0.15, -0.1) is 5.10 Å². The van der Waals surface area contributed by atoms with E-state index in [9.17, 15) is 0 Å². The molecule has 2 aromatic rings. The number of aromatic nitrogens is 2. The molecule has 0 radical (unpaired) electrons. The molecule has 0 amide bonds. The first-order valence-electron chi connectivity index (χ1n) is 7.43. The van der Waals surface area contributed by atoms with Gasteiger partial charge in [0.1, 0.15) is 15.8 Å². The van der Waals surface area contributed by atoms with E-state index in [1.54, 1.807) is 0 Å². The molecule has 5 nitrogen and oxygen atoms in total. The first-order valence-corrected chi connectivity index (χ1v) is 8.59. The molecule has 0 spiro atoms. The molecule has 1 aromatic heterocycles. The van der Waals surface area contributed by atoms with E-state index in [-0.39, 0.29) is 0 Å². The summed E-state index contributed by atoms with van der Waals surface area (Å²) >= 11 is 7.33. The van der Waals surface area contributed by atoms with Gasteiger partial charge < -0.3 is 9.64 Å². The third kappa shape index (κ3) is 3.51. The van der Waals surface area contributed by atoms with Crippen LogP contribution in [-0.2, 0) is 6.54 Å². The number of hydrogen-bond donors (Lipinski definition) is 0. The van der Waals surface area contributed by atoms with E-state index in [2.05, 4.69) is 31.5 Å². The third-order valence-electron chi connectivity index (χ3n) is 3.76. The Labute approximate surface area is 139 Å². The predicted octanol–water partition coefficient (Wildman–Crippen LogP) is 2.91. The van der Waals surface area contributed by atoms with Crippen molar-refractivity contribution in [1.82, 2.24) is 14.5 Å². The minimum Gasteiger partial charge on any atom is -0.492 e. The molecule has 0 N–H and O–H groups in total. The Morgan fingerprint density at radius 3 is 2.68 bits per heavy atom. The van der Waals surface area contributed by atoms with Crippen molar-refractivity contribution in [3.63, 3.8) is 0 Å². The van der Waals surface area contributed by atoms with Gasteiger partial charge in [-0.3, -0.25) is 4.90 Å². The Morgan fingerprint density at radius 1 is 1.23 bits per heavy atom. The van der Waals surface area contributed by atoms with Crippen molar-refractivity contribution in [2.75, 3.05) is 37.7 Å². The number of anilines is 1. The lowest BCUT2D eigenvalue weighted by Gasteiger charge is -2.36. The lowest BCUT2D eigenvalue weighted by Crippen LogP contribution is -2.46. The van der Waals surface area contributed by atoms with Crippen molar-refractivity contribution in [3.8, 4) is 5.75 Å². The van der Waals surface area contributed by atoms with Crippen LogP contribution in [0.2, 0.25) is 4.34 Å². The van der Waals surface area contributed by atoms with Gasteiger partial charge in [-0.2, -0.15) is 0 Å². The molecular formula is C15H19ClN4OS. The van der Waals surface area contributed by atoms with Gasteiger partial charge in [0.25, 0.3) is 0 Å². The van der Waals surface area contributed by atoms with Crippen LogP contribution in [0.4, 0.5) is 5.69 Å². The van der Waals surface area contributed by atoms with E-state index in [1.807, 2.05) is 19.1 Å². The summed E-state index contributed by atoms with van der Waals surface area (Å²) in [5.74, 6) is 0.963. The summed E-state index contributed by atoms with van der Waals surface area (Å²) in [7, 11) is 0. The maximum atomic E-state index is 6.08. The van der Waals surface area contributed by atoms with Gasteiger partial charge in [-0.05, 0) is 19.1 Å². The van der Waals surface area contributed by atoms with Crippen LogP contribution in [0.1, 0.15) is 12.6 Å². The number of benzene rings is 1. The maximum Gasteiger partial charge on any atom is 0.142 e. The van der Waals surface area contributed by atoms with Crippen LogP contribution in [0.25, 0.3) is 0 Å². The van der Waals surface area contributed by atoms with E-state index in [1.165, 1.54) is 17.2 Å². The molecule has 2 heterocycles. The lowest BCUT2D eigenvalue weighted by atomic mass is 10.2. The summed E-state index contributed by atoms with van der Waals surface area (Å²) in [5, 5.41) is 4.09. The Hall–Kier alpha value is -1.37. The minimum absolute atomic E-state index is 0.687. The molecule has 0 aliphatic carbocycles. The van der Waals surface area contributed by atoms with Crippen molar-refractivity contribution in [3.05, 3.63) is 34.3 Å². The highest BCUT2D eigenvalue weighted by atomic mass is 35.5. The summed E-state index contributed by atoms with van der Waals surface area (Å²) in [6.45, 7) is 7.38. The summed E-state index contributed by atoms with van der Waals surface area (Å²) < 4.78 is 10.3. The first-order chi connectivity index (χ1) is 10.8. The number of nitrogens with zero attached hydrogens (tertiary/aromatic N) is 4. The van der Waals surface area contributed by atoms with E-state index in [0.717, 1.165) is 44.2 Å². The maximum absolute atomic E-state index is 6.08. The molecule has 0 unspecified atom stereocenters. The highest BCUT2D eigenvalue weighted by Gasteiger charge is 2.21. The normalized spacial score (nSPS) is 16.0. The lowest BCUT2D eigenvalue weighted by molar-refractivity contribution is 0.246. The molecule has 3 rings (SSSR count). The molecule has 0 saturated carbocycles. The second-order valence-electron chi connectivity index (χ2n) is 5.16. The second kappa shape index (κ2) is 7.26.